The van der Waals surface area contributed by atoms with Crippen molar-refractivity contribution in [3.8, 4) is 0 Å². The number of rotatable bonds is 5. The number of hydrogen-bond donors (Lipinski definition) is 2. The number of hydrogen-bond acceptors (Lipinski definition) is 3. The topological polar surface area (TPSA) is 67.4 Å². The molecule has 2 saturated carbocycles. The fraction of sp³-hybridized carbons (Fsp3) is 0.867. The van der Waals surface area contributed by atoms with E-state index in [1.807, 2.05) is 0 Å². The number of carbonyl (C=O) groups excluding carboxylic acids is 2. The third kappa shape index (κ3) is 3.32. The number of amides is 2. The first-order valence-corrected chi connectivity index (χ1v) is 7.94. The van der Waals surface area contributed by atoms with Gasteiger partial charge in [0.2, 0.25) is 11.8 Å². The van der Waals surface area contributed by atoms with Crippen LogP contribution in [0.4, 0.5) is 0 Å². The average Bonchev–Trinajstić information content (AvgIpc) is 2.85. The van der Waals surface area contributed by atoms with Gasteiger partial charge in [0.05, 0.1) is 17.9 Å². The summed E-state index contributed by atoms with van der Waals surface area (Å²) in [4.78, 5) is 24.0. The summed E-state index contributed by atoms with van der Waals surface area (Å²) in [6.07, 6.45) is 7.58. The molecule has 3 fully saturated rings. The van der Waals surface area contributed by atoms with E-state index in [0.717, 1.165) is 32.3 Å². The predicted molar refractivity (Wildman–Crippen MR) is 74.0 cm³/mol. The molecule has 2 N–H and O–H groups in total. The van der Waals surface area contributed by atoms with E-state index in [2.05, 4.69) is 10.6 Å². The van der Waals surface area contributed by atoms with Crippen molar-refractivity contribution < 1.29 is 14.3 Å². The molecule has 2 amide bonds. The van der Waals surface area contributed by atoms with Crippen molar-refractivity contribution in [2.75, 3.05) is 13.2 Å². The summed E-state index contributed by atoms with van der Waals surface area (Å²) in [7, 11) is 0. The third-order valence-corrected chi connectivity index (χ3v) is 4.69. The van der Waals surface area contributed by atoms with Gasteiger partial charge in [0, 0.05) is 19.2 Å². The molecule has 20 heavy (non-hydrogen) atoms. The van der Waals surface area contributed by atoms with Gasteiger partial charge in [0.15, 0.2) is 0 Å². The predicted octanol–water partition coefficient (Wildman–Crippen LogP) is 0.976. The molecule has 5 nitrogen and oxygen atoms in total. The minimum absolute atomic E-state index is 0.0204. The van der Waals surface area contributed by atoms with Gasteiger partial charge >= 0.3 is 0 Å². The summed E-state index contributed by atoms with van der Waals surface area (Å²) < 4.78 is 5.47. The van der Waals surface area contributed by atoms with Gasteiger partial charge in [-0.1, -0.05) is 12.8 Å². The van der Waals surface area contributed by atoms with Crippen LogP contribution in [-0.2, 0) is 14.3 Å². The normalized spacial score (nSPS) is 33.1. The number of ether oxygens (including phenoxy) is 1. The fourth-order valence-electron chi connectivity index (χ4n) is 3.30. The fourth-order valence-corrected chi connectivity index (χ4v) is 3.30. The van der Waals surface area contributed by atoms with Crippen LogP contribution in [-0.4, -0.2) is 37.1 Å². The molecule has 112 valence electrons. The second-order valence-corrected chi connectivity index (χ2v) is 6.32. The molecule has 3 rings (SSSR count). The molecular formula is C15H24N2O3. The van der Waals surface area contributed by atoms with E-state index < -0.39 is 0 Å². The van der Waals surface area contributed by atoms with Crippen LogP contribution in [0, 0.1) is 11.8 Å². The van der Waals surface area contributed by atoms with E-state index in [1.54, 1.807) is 0 Å². The minimum atomic E-state index is -0.113. The molecule has 0 bridgehead atoms. The summed E-state index contributed by atoms with van der Waals surface area (Å²) in [6, 6.07) is 0.346. The van der Waals surface area contributed by atoms with Crippen molar-refractivity contribution in [2.24, 2.45) is 11.8 Å². The molecule has 1 aliphatic heterocycles. The SMILES string of the molecule is O=C(NCC1CCCO1)C1CC1C(=O)NC1CCCC1. The highest BCUT2D eigenvalue weighted by Crippen LogP contribution is 2.39. The monoisotopic (exact) mass is 280 g/mol. The zero-order chi connectivity index (χ0) is 13.9. The lowest BCUT2D eigenvalue weighted by Crippen LogP contribution is -2.37. The Bertz CT molecular complexity index is 373. The summed E-state index contributed by atoms with van der Waals surface area (Å²) in [5, 5.41) is 6.00. The maximum absolute atomic E-state index is 12.0. The Kier molecular flexibility index (Phi) is 4.24. The van der Waals surface area contributed by atoms with Gasteiger partial charge in [0.25, 0.3) is 0 Å². The van der Waals surface area contributed by atoms with Crippen molar-refractivity contribution in [1.82, 2.24) is 10.6 Å². The van der Waals surface area contributed by atoms with E-state index in [1.165, 1.54) is 12.8 Å². The molecule has 3 aliphatic rings. The zero-order valence-electron chi connectivity index (χ0n) is 11.9. The quantitative estimate of drug-likeness (QED) is 0.789. The largest absolute Gasteiger partial charge is 0.376 e. The summed E-state index contributed by atoms with van der Waals surface area (Å²) in [6.45, 7) is 1.39. The molecule has 1 saturated heterocycles. The highest BCUT2D eigenvalue weighted by Gasteiger charge is 2.48. The molecule has 3 unspecified atom stereocenters. The lowest BCUT2D eigenvalue weighted by atomic mass is 10.2. The van der Waals surface area contributed by atoms with Crippen LogP contribution in [0.1, 0.15) is 44.9 Å². The van der Waals surface area contributed by atoms with Crippen molar-refractivity contribution >= 4 is 11.8 Å². The van der Waals surface area contributed by atoms with E-state index >= 15 is 0 Å². The lowest BCUT2D eigenvalue weighted by molar-refractivity contribution is -0.127. The highest BCUT2D eigenvalue weighted by molar-refractivity contribution is 5.92. The Balaban J connectivity index is 1.36. The van der Waals surface area contributed by atoms with E-state index in [9.17, 15) is 9.59 Å². The van der Waals surface area contributed by atoms with Gasteiger partial charge in [-0.25, -0.2) is 0 Å². The van der Waals surface area contributed by atoms with Gasteiger partial charge in [-0.05, 0) is 32.1 Å². The highest BCUT2D eigenvalue weighted by atomic mass is 16.5. The first-order valence-electron chi connectivity index (χ1n) is 7.94. The second-order valence-electron chi connectivity index (χ2n) is 6.32. The van der Waals surface area contributed by atoms with Crippen molar-refractivity contribution in [2.45, 2.75) is 57.1 Å². The van der Waals surface area contributed by atoms with Crippen LogP contribution >= 0.6 is 0 Å². The molecule has 0 aromatic heterocycles. The molecule has 5 heteroatoms. The van der Waals surface area contributed by atoms with Crippen molar-refractivity contribution in [3.05, 3.63) is 0 Å². The van der Waals surface area contributed by atoms with Crippen molar-refractivity contribution in [3.63, 3.8) is 0 Å². The summed E-state index contributed by atoms with van der Waals surface area (Å²) >= 11 is 0. The van der Waals surface area contributed by atoms with Crippen LogP contribution < -0.4 is 10.6 Å². The Hall–Kier alpha value is -1.10. The molecule has 0 spiro atoms. The number of carbonyl (C=O) groups is 2. The minimum Gasteiger partial charge on any atom is -0.376 e. The van der Waals surface area contributed by atoms with E-state index in [-0.39, 0.29) is 29.8 Å². The molecule has 2 aliphatic carbocycles. The first kappa shape index (κ1) is 13.9. The van der Waals surface area contributed by atoms with Crippen LogP contribution in [0.3, 0.4) is 0 Å². The smallest absolute Gasteiger partial charge is 0.224 e. The zero-order valence-corrected chi connectivity index (χ0v) is 11.9. The average molecular weight is 280 g/mol. The molecule has 0 aromatic rings. The first-order chi connectivity index (χ1) is 9.74. The molecule has 0 aromatic carbocycles. The van der Waals surface area contributed by atoms with Crippen LogP contribution in [0.25, 0.3) is 0 Å². The third-order valence-electron chi connectivity index (χ3n) is 4.69. The molecule has 0 radical (unpaired) electrons. The van der Waals surface area contributed by atoms with Crippen LogP contribution in [0.2, 0.25) is 0 Å². The maximum atomic E-state index is 12.0. The van der Waals surface area contributed by atoms with E-state index in [0.29, 0.717) is 19.0 Å². The van der Waals surface area contributed by atoms with Gasteiger partial charge in [-0.2, -0.15) is 0 Å². The van der Waals surface area contributed by atoms with Crippen molar-refractivity contribution in [1.29, 1.82) is 0 Å². The molecule has 3 atom stereocenters. The molecule has 1 heterocycles. The maximum Gasteiger partial charge on any atom is 0.224 e. The Morgan fingerprint density at radius 3 is 2.45 bits per heavy atom. The van der Waals surface area contributed by atoms with Gasteiger partial charge in [0.1, 0.15) is 0 Å². The lowest BCUT2D eigenvalue weighted by Gasteiger charge is -2.12. The van der Waals surface area contributed by atoms with Gasteiger partial charge in [-0.3, -0.25) is 9.59 Å². The summed E-state index contributed by atoms with van der Waals surface area (Å²) in [5.41, 5.74) is 0. The second kappa shape index (κ2) is 6.12. The molecular weight excluding hydrogens is 256 g/mol. The van der Waals surface area contributed by atoms with Gasteiger partial charge in [-0.15, -0.1) is 0 Å². The summed E-state index contributed by atoms with van der Waals surface area (Å²) in [5.74, 6) is -0.112. The van der Waals surface area contributed by atoms with Gasteiger partial charge < -0.3 is 15.4 Å². The Labute approximate surface area is 119 Å². The van der Waals surface area contributed by atoms with Crippen LogP contribution in [0.5, 0.6) is 0 Å². The standard InChI is InChI=1S/C15H24N2O3/c18-14(16-9-11-6-3-7-20-11)12-8-13(12)15(19)17-10-4-1-2-5-10/h10-13H,1-9H2,(H,16,18)(H,17,19). The number of nitrogens with one attached hydrogen (secondary N) is 2. The Morgan fingerprint density at radius 1 is 1.00 bits per heavy atom. The van der Waals surface area contributed by atoms with E-state index in [4.69, 9.17) is 4.74 Å². The Morgan fingerprint density at radius 2 is 1.75 bits per heavy atom. The van der Waals surface area contributed by atoms with Crippen LogP contribution in [0.15, 0.2) is 0 Å².